The molecule has 0 aliphatic heterocycles. The molecule has 2 rings (SSSR count). The van der Waals surface area contributed by atoms with Gasteiger partial charge in [-0.15, -0.1) is 0 Å². The van der Waals surface area contributed by atoms with Gasteiger partial charge in [0.05, 0.1) is 24.9 Å². The number of amides is 1. The number of halogens is 1. The predicted octanol–water partition coefficient (Wildman–Crippen LogP) is 3.03. The number of anilines is 2. The van der Waals surface area contributed by atoms with Gasteiger partial charge in [-0.25, -0.2) is 9.97 Å². The first-order valence-electron chi connectivity index (χ1n) is 7.37. The highest BCUT2D eigenvalue weighted by Gasteiger charge is 2.12. The van der Waals surface area contributed by atoms with Crippen molar-refractivity contribution in [2.45, 2.75) is 13.3 Å². The Balaban J connectivity index is 2.26. The minimum absolute atomic E-state index is 0.247. The van der Waals surface area contributed by atoms with Crippen molar-refractivity contribution in [2.75, 3.05) is 26.1 Å². The summed E-state index contributed by atoms with van der Waals surface area (Å²) in [7, 11) is 3.06. The highest BCUT2D eigenvalue weighted by Crippen LogP contribution is 2.37. The molecular formula is C16H19ClN4O3. The lowest BCUT2D eigenvalue weighted by molar-refractivity contribution is 0.0948. The van der Waals surface area contributed by atoms with Gasteiger partial charge in [-0.3, -0.25) is 4.79 Å². The fourth-order valence-electron chi connectivity index (χ4n) is 1.98. The second-order valence-corrected chi connectivity index (χ2v) is 5.26. The zero-order chi connectivity index (χ0) is 17.5. The molecule has 0 bridgehead atoms. The van der Waals surface area contributed by atoms with Crippen molar-refractivity contribution in [3.63, 3.8) is 0 Å². The van der Waals surface area contributed by atoms with E-state index in [1.54, 1.807) is 18.2 Å². The van der Waals surface area contributed by atoms with E-state index in [0.29, 0.717) is 34.6 Å². The molecule has 0 atom stereocenters. The molecular weight excluding hydrogens is 332 g/mol. The molecule has 0 saturated heterocycles. The number of hydrogen-bond acceptors (Lipinski definition) is 6. The van der Waals surface area contributed by atoms with Gasteiger partial charge in [-0.2, -0.15) is 0 Å². The van der Waals surface area contributed by atoms with Crippen molar-refractivity contribution < 1.29 is 14.3 Å². The third kappa shape index (κ3) is 4.26. The largest absolute Gasteiger partial charge is 0.495 e. The van der Waals surface area contributed by atoms with E-state index in [-0.39, 0.29) is 11.6 Å². The van der Waals surface area contributed by atoms with Gasteiger partial charge < -0.3 is 20.1 Å². The lowest BCUT2D eigenvalue weighted by Gasteiger charge is -2.13. The minimum Gasteiger partial charge on any atom is -0.495 e. The van der Waals surface area contributed by atoms with Gasteiger partial charge in [-0.05, 0) is 6.42 Å². The zero-order valence-corrected chi connectivity index (χ0v) is 14.5. The molecule has 0 unspecified atom stereocenters. The van der Waals surface area contributed by atoms with Crippen molar-refractivity contribution in [3.05, 3.63) is 35.2 Å². The van der Waals surface area contributed by atoms with Crippen LogP contribution in [0.25, 0.3) is 0 Å². The van der Waals surface area contributed by atoms with Crippen LogP contribution in [0.1, 0.15) is 23.8 Å². The van der Waals surface area contributed by atoms with E-state index in [9.17, 15) is 4.79 Å². The molecule has 0 radical (unpaired) electrons. The summed E-state index contributed by atoms with van der Waals surface area (Å²) in [6, 6.07) is 4.89. The van der Waals surface area contributed by atoms with Gasteiger partial charge in [0.2, 0.25) is 0 Å². The zero-order valence-electron chi connectivity index (χ0n) is 13.7. The Kier molecular flexibility index (Phi) is 6.20. The molecule has 1 aromatic carbocycles. The van der Waals surface area contributed by atoms with E-state index in [1.807, 2.05) is 6.92 Å². The molecule has 1 amide bonds. The third-order valence-corrected chi connectivity index (χ3v) is 3.47. The number of aromatic nitrogens is 2. The Bertz CT molecular complexity index is 724. The number of rotatable bonds is 7. The van der Waals surface area contributed by atoms with Crippen molar-refractivity contribution in [3.8, 4) is 11.5 Å². The summed E-state index contributed by atoms with van der Waals surface area (Å²) >= 11 is 6.09. The molecule has 0 spiro atoms. The first-order chi connectivity index (χ1) is 11.6. The molecule has 0 aliphatic carbocycles. The van der Waals surface area contributed by atoms with E-state index in [1.165, 1.54) is 20.5 Å². The second kappa shape index (κ2) is 8.35. The highest BCUT2D eigenvalue weighted by atomic mass is 35.5. The predicted molar refractivity (Wildman–Crippen MR) is 92.5 cm³/mol. The Hall–Kier alpha value is -2.54. The summed E-state index contributed by atoms with van der Waals surface area (Å²) in [5.74, 6) is 1.23. The number of nitrogens with one attached hydrogen (secondary N) is 2. The van der Waals surface area contributed by atoms with Crippen LogP contribution in [0.15, 0.2) is 24.5 Å². The maximum atomic E-state index is 12.0. The van der Waals surface area contributed by atoms with Gasteiger partial charge in [0, 0.05) is 24.7 Å². The summed E-state index contributed by atoms with van der Waals surface area (Å²) in [5.41, 5.74) is 0.887. The summed E-state index contributed by atoms with van der Waals surface area (Å²) in [6.07, 6.45) is 2.17. The minimum atomic E-state index is -0.247. The van der Waals surface area contributed by atoms with E-state index < -0.39 is 0 Å². The average molecular weight is 351 g/mol. The lowest BCUT2D eigenvalue weighted by Crippen LogP contribution is -2.25. The van der Waals surface area contributed by atoms with Crippen LogP contribution in [0.4, 0.5) is 11.5 Å². The summed E-state index contributed by atoms with van der Waals surface area (Å²) < 4.78 is 10.5. The van der Waals surface area contributed by atoms with Gasteiger partial charge >= 0.3 is 0 Å². The van der Waals surface area contributed by atoms with Crippen LogP contribution in [-0.2, 0) is 0 Å². The van der Waals surface area contributed by atoms with Crippen LogP contribution in [0, 0.1) is 0 Å². The molecule has 1 heterocycles. The van der Waals surface area contributed by atoms with Crippen LogP contribution in [-0.4, -0.2) is 36.6 Å². The monoisotopic (exact) mass is 350 g/mol. The van der Waals surface area contributed by atoms with E-state index >= 15 is 0 Å². The van der Waals surface area contributed by atoms with Gasteiger partial charge in [0.15, 0.2) is 0 Å². The number of nitrogens with zero attached hydrogens (tertiary/aromatic N) is 2. The van der Waals surface area contributed by atoms with Crippen molar-refractivity contribution >= 4 is 29.0 Å². The molecule has 2 aromatic rings. The number of benzene rings is 1. The Morgan fingerprint density at radius 2 is 1.92 bits per heavy atom. The molecule has 0 saturated carbocycles. The van der Waals surface area contributed by atoms with Gasteiger partial charge in [0.1, 0.15) is 29.3 Å². The van der Waals surface area contributed by atoms with Gasteiger partial charge in [0.25, 0.3) is 5.91 Å². The molecule has 1 aromatic heterocycles. The van der Waals surface area contributed by atoms with Crippen molar-refractivity contribution in [1.82, 2.24) is 15.3 Å². The molecule has 128 valence electrons. The van der Waals surface area contributed by atoms with Crippen LogP contribution < -0.4 is 20.1 Å². The number of hydrogen-bond donors (Lipinski definition) is 2. The number of ether oxygens (including phenoxy) is 2. The van der Waals surface area contributed by atoms with Crippen LogP contribution >= 0.6 is 11.6 Å². The quantitative estimate of drug-likeness (QED) is 0.798. The number of carbonyl (C=O) groups is 1. The maximum Gasteiger partial charge on any atom is 0.270 e. The van der Waals surface area contributed by atoms with E-state index in [2.05, 4.69) is 20.6 Å². The number of methoxy groups -OCH3 is 2. The molecule has 7 nitrogen and oxygen atoms in total. The Labute approximate surface area is 145 Å². The standard InChI is InChI=1S/C16H19ClN4O3/c1-4-5-18-16(22)12-8-15(20-9-19-12)21-11-7-13(23-2)10(17)6-14(11)24-3/h6-9H,4-5H2,1-3H3,(H,18,22)(H,19,20,21). The van der Waals surface area contributed by atoms with Crippen LogP contribution in [0.5, 0.6) is 11.5 Å². The Morgan fingerprint density at radius 1 is 1.17 bits per heavy atom. The average Bonchev–Trinajstić information content (AvgIpc) is 2.60. The molecule has 2 N–H and O–H groups in total. The van der Waals surface area contributed by atoms with E-state index in [0.717, 1.165) is 6.42 Å². The fraction of sp³-hybridized carbons (Fsp3) is 0.312. The fourth-order valence-corrected chi connectivity index (χ4v) is 2.21. The van der Waals surface area contributed by atoms with Crippen molar-refractivity contribution in [2.24, 2.45) is 0 Å². The highest BCUT2D eigenvalue weighted by molar-refractivity contribution is 6.32. The Morgan fingerprint density at radius 3 is 2.58 bits per heavy atom. The molecule has 0 fully saturated rings. The topological polar surface area (TPSA) is 85.4 Å². The number of carbonyl (C=O) groups excluding carboxylic acids is 1. The first kappa shape index (κ1) is 17.8. The normalized spacial score (nSPS) is 10.2. The van der Waals surface area contributed by atoms with Gasteiger partial charge in [-0.1, -0.05) is 18.5 Å². The molecule has 8 heteroatoms. The maximum absolute atomic E-state index is 12.0. The van der Waals surface area contributed by atoms with Crippen LogP contribution in [0.3, 0.4) is 0 Å². The smallest absolute Gasteiger partial charge is 0.270 e. The summed E-state index contributed by atoms with van der Waals surface area (Å²) in [4.78, 5) is 20.1. The molecule has 0 aliphatic rings. The summed E-state index contributed by atoms with van der Waals surface area (Å²) in [5, 5.41) is 6.28. The summed E-state index contributed by atoms with van der Waals surface area (Å²) in [6.45, 7) is 2.57. The second-order valence-electron chi connectivity index (χ2n) is 4.86. The molecule has 24 heavy (non-hydrogen) atoms. The third-order valence-electron chi connectivity index (χ3n) is 3.17. The first-order valence-corrected chi connectivity index (χ1v) is 7.75. The SMILES string of the molecule is CCCNC(=O)c1cc(Nc2cc(OC)c(Cl)cc2OC)ncn1. The lowest BCUT2D eigenvalue weighted by atomic mass is 10.2. The van der Waals surface area contributed by atoms with Crippen molar-refractivity contribution in [1.29, 1.82) is 0 Å². The van der Waals surface area contributed by atoms with Crippen LogP contribution in [0.2, 0.25) is 5.02 Å². The van der Waals surface area contributed by atoms with E-state index in [4.69, 9.17) is 21.1 Å².